The molecule has 5 nitrogen and oxygen atoms in total. The fourth-order valence-electron chi connectivity index (χ4n) is 5.22. The molecular formula is C30H41NO4. The van der Waals surface area contributed by atoms with Gasteiger partial charge in [-0.05, 0) is 68.2 Å². The zero-order valence-electron chi connectivity index (χ0n) is 22.2. The summed E-state index contributed by atoms with van der Waals surface area (Å²) >= 11 is 0. The van der Waals surface area contributed by atoms with Crippen LogP contribution in [0.15, 0.2) is 47.5 Å². The van der Waals surface area contributed by atoms with E-state index in [1.54, 1.807) is 19.4 Å². The number of hydrogen-bond donors (Lipinski definition) is 0. The number of allylic oxidation sites excluding steroid dienone is 3. The maximum absolute atomic E-state index is 13.4. The normalized spacial score (nSPS) is 28.3. The maximum atomic E-state index is 13.4. The van der Waals surface area contributed by atoms with Gasteiger partial charge in [0.1, 0.15) is 5.76 Å². The molecule has 0 amide bonds. The molecule has 0 bridgehead atoms. The third-order valence-electron chi connectivity index (χ3n) is 7.61. The lowest BCUT2D eigenvalue weighted by Gasteiger charge is -2.48. The molecule has 2 unspecified atom stereocenters. The number of ether oxygens (including phenoxy) is 3. The molecule has 1 saturated carbocycles. The third-order valence-corrected chi connectivity index (χ3v) is 7.61. The number of carbonyl (C=O) groups is 1. The maximum Gasteiger partial charge on any atom is 0.174 e. The zero-order chi connectivity index (χ0) is 25.6. The largest absolute Gasteiger partial charge is 0.497 e. The van der Waals surface area contributed by atoms with Crippen molar-refractivity contribution >= 4 is 5.78 Å². The van der Waals surface area contributed by atoms with Crippen LogP contribution in [0.3, 0.4) is 0 Å². The van der Waals surface area contributed by atoms with E-state index < -0.39 is 0 Å². The van der Waals surface area contributed by atoms with Crippen molar-refractivity contribution in [3.8, 4) is 12.3 Å². The van der Waals surface area contributed by atoms with E-state index in [0.29, 0.717) is 17.9 Å². The van der Waals surface area contributed by atoms with Crippen LogP contribution in [0.4, 0.5) is 0 Å². The summed E-state index contributed by atoms with van der Waals surface area (Å²) in [4.78, 5) is 17.7. The average Bonchev–Trinajstić information content (AvgIpc) is 2.84. The van der Waals surface area contributed by atoms with Crippen molar-refractivity contribution < 1.29 is 19.0 Å². The first-order valence-electron chi connectivity index (χ1n) is 12.8. The first-order chi connectivity index (χ1) is 16.6. The average molecular weight is 480 g/mol. The summed E-state index contributed by atoms with van der Waals surface area (Å²) in [6.07, 6.45) is 16.1. The molecule has 2 heterocycles. The number of carbonyl (C=O) groups excluding carboxylic acids is 1. The fourth-order valence-corrected chi connectivity index (χ4v) is 5.22. The number of rotatable bonds is 7. The van der Waals surface area contributed by atoms with Crippen LogP contribution >= 0.6 is 0 Å². The molecule has 0 aromatic carbocycles. The monoisotopic (exact) mass is 479 g/mol. The van der Waals surface area contributed by atoms with Crippen LogP contribution in [0.1, 0.15) is 84.8 Å². The van der Waals surface area contributed by atoms with E-state index in [1.165, 1.54) is 0 Å². The molecule has 1 aliphatic carbocycles. The van der Waals surface area contributed by atoms with Crippen LogP contribution in [-0.2, 0) is 19.0 Å². The highest BCUT2D eigenvalue weighted by Crippen LogP contribution is 2.47. The van der Waals surface area contributed by atoms with Crippen molar-refractivity contribution in [3.63, 3.8) is 0 Å². The quantitative estimate of drug-likeness (QED) is 0.197. The van der Waals surface area contributed by atoms with Gasteiger partial charge in [0.2, 0.25) is 0 Å². The highest BCUT2D eigenvalue weighted by atomic mass is 16.5. The predicted molar refractivity (Wildman–Crippen MR) is 138 cm³/mol. The zero-order valence-corrected chi connectivity index (χ0v) is 22.2. The van der Waals surface area contributed by atoms with Crippen LogP contribution < -0.4 is 0 Å². The Hall–Kier alpha value is -2.42. The van der Waals surface area contributed by atoms with E-state index in [-0.39, 0.29) is 34.9 Å². The first-order valence-corrected chi connectivity index (χ1v) is 12.8. The minimum atomic E-state index is -0.282. The lowest BCUT2D eigenvalue weighted by atomic mass is 9.72. The second-order valence-electron chi connectivity index (χ2n) is 10.9. The number of methoxy groups -OCH3 is 1. The summed E-state index contributed by atoms with van der Waals surface area (Å²) in [6, 6.07) is 4.02. The van der Waals surface area contributed by atoms with Crippen molar-refractivity contribution in [1.29, 1.82) is 0 Å². The smallest absolute Gasteiger partial charge is 0.174 e. The van der Waals surface area contributed by atoms with Gasteiger partial charge in [-0.25, -0.2) is 0 Å². The molecule has 3 rings (SSSR count). The number of nitrogens with zero attached hydrogens (tertiary/aromatic N) is 1. The first kappa shape index (κ1) is 27.2. The van der Waals surface area contributed by atoms with Gasteiger partial charge in [0.25, 0.3) is 0 Å². The Morgan fingerprint density at radius 1 is 1.34 bits per heavy atom. The summed E-state index contributed by atoms with van der Waals surface area (Å²) in [5, 5.41) is 0. The van der Waals surface area contributed by atoms with E-state index in [4.69, 9.17) is 20.6 Å². The Morgan fingerprint density at radius 3 is 2.60 bits per heavy atom. The van der Waals surface area contributed by atoms with Crippen molar-refractivity contribution in [2.45, 2.75) is 91.0 Å². The lowest BCUT2D eigenvalue weighted by molar-refractivity contribution is -0.191. The molecule has 1 aromatic rings. The number of pyridine rings is 1. The number of aromatic nitrogens is 1. The molecule has 1 aromatic heterocycles. The predicted octanol–water partition coefficient (Wildman–Crippen LogP) is 6.36. The Morgan fingerprint density at radius 2 is 2.06 bits per heavy atom. The highest BCUT2D eigenvalue weighted by molar-refractivity contribution is 6.01. The summed E-state index contributed by atoms with van der Waals surface area (Å²) < 4.78 is 18.4. The summed E-state index contributed by atoms with van der Waals surface area (Å²) in [7, 11) is 1.62. The Kier molecular flexibility index (Phi) is 8.96. The highest BCUT2D eigenvalue weighted by Gasteiger charge is 2.45. The van der Waals surface area contributed by atoms with Gasteiger partial charge in [0, 0.05) is 37.8 Å². The number of terminal acetylenes is 1. The minimum absolute atomic E-state index is 0.0274. The minimum Gasteiger partial charge on any atom is -0.497 e. The second-order valence-corrected chi connectivity index (χ2v) is 10.9. The van der Waals surface area contributed by atoms with Gasteiger partial charge >= 0.3 is 0 Å². The van der Waals surface area contributed by atoms with Crippen molar-refractivity contribution in [2.75, 3.05) is 13.7 Å². The molecule has 2 fully saturated rings. The van der Waals surface area contributed by atoms with E-state index in [2.05, 4.69) is 37.7 Å². The van der Waals surface area contributed by atoms with Gasteiger partial charge in [0.05, 0.1) is 30.5 Å². The van der Waals surface area contributed by atoms with E-state index in [1.807, 2.05) is 26.1 Å². The molecule has 1 aliphatic heterocycles. The van der Waals surface area contributed by atoms with Crippen LogP contribution in [0.25, 0.3) is 0 Å². The Bertz CT molecular complexity index is 972. The summed E-state index contributed by atoms with van der Waals surface area (Å²) in [6.45, 7) is 11.1. The van der Waals surface area contributed by atoms with Gasteiger partial charge in [-0.1, -0.05) is 32.8 Å². The topological polar surface area (TPSA) is 57.7 Å². The van der Waals surface area contributed by atoms with E-state index >= 15 is 0 Å². The van der Waals surface area contributed by atoms with Gasteiger partial charge in [-0.2, -0.15) is 0 Å². The van der Waals surface area contributed by atoms with Crippen molar-refractivity contribution in [3.05, 3.63) is 53.1 Å². The molecule has 2 atom stereocenters. The van der Waals surface area contributed by atoms with Crippen LogP contribution in [0, 0.1) is 23.7 Å². The molecule has 2 aliphatic rings. The lowest BCUT2D eigenvalue weighted by Crippen LogP contribution is -2.47. The SMILES string of the molecule is C#CC(=CC(OC)=C(C)C(C)(C)C)C(=O)C1CCC2(CC1)CC(OCC)CC(c1cccnc1)O2. The molecule has 1 saturated heterocycles. The molecule has 5 heteroatoms. The van der Waals surface area contributed by atoms with Gasteiger partial charge in [-0.3, -0.25) is 9.78 Å². The number of hydrogen-bond acceptors (Lipinski definition) is 5. The molecular weight excluding hydrogens is 438 g/mol. The summed E-state index contributed by atoms with van der Waals surface area (Å²) in [5.41, 5.74) is 2.16. The second kappa shape index (κ2) is 11.5. The molecule has 1 spiro atoms. The molecule has 0 N–H and O–H groups in total. The molecule has 190 valence electrons. The van der Waals surface area contributed by atoms with Crippen molar-refractivity contribution in [1.82, 2.24) is 4.98 Å². The number of ketones is 1. The van der Waals surface area contributed by atoms with Crippen LogP contribution in [-0.4, -0.2) is 36.2 Å². The van der Waals surface area contributed by atoms with Crippen LogP contribution in [0.2, 0.25) is 0 Å². The van der Waals surface area contributed by atoms with E-state index in [9.17, 15) is 4.79 Å². The fraction of sp³-hybridized carbons (Fsp3) is 0.600. The van der Waals surface area contributed by atoms with Crippen molar-refractivity contribution in [2.24, 2.45) is 11.3 Å². The molecule has 0 radical (unpaired) electrons. The van der Waals surface area contributed by atoms with Gasteiger partial charge in [0.15, 0.2) is 5.78 Å². The Balaban J connectivity index is 1.75. The van der Waals surface area contributed by atoms with Gasteiger partial charge in [-0.15, -0.1) is 6.42 Å². The standard InChI is InChI=1S/C30H41NO4/c1-8-22(17-26(33-7)21(3)29(4,5)6)28(32)23-12-14-30(15-13-23)19-25(34-9-2)18-27(35-30)24-11-10-16-31-20-24/h1,10-11,16-17,20,23,25,27H,9,12-15,18-19H2,2-7H3. The van der Waals surface area contributed by atoms with Gasteiger partial charge < -0.3 is 14.2 Å². The molecule has 35 heavy (non-hydrogen) atoms. The summed E-state index contributed by atoms with van der Waals surface area (Å²) in [5.74, 6) is 3.22. The number of Topliss-reactive ketones (excluding diaryl/α,β-unsaturated/α-hetero) is 1. The third kappa shape index (κ3) is 6.63. The Labute approximate surface area is 211 Å². The van der Waals surface area contributed by atoms with Crippen LogP contribution in [0.5, 0.6) is 0 Å². The van der Waals surface area contributed by atoms with E-state index in [0.717, 1.165) is 49.7 Å².